The third-order valence-corrected chi connectivity index (χ3v) is 7.05. The molecule has 206 valence electrons. The lowest BCUT2D eigenvalue weighted by Gasteiger charge is -2.35. The fourth-order valence-electron chi connectivity index (χ4n) is 4.79. The monoisotopic (exact) mass is 579 g/mol. The fraction of sp³-hybridized carbons (Fsp3) is 0.207. The van der Waals surface area contributed by atoms with E-state index in [1.54, 1.807) is 36.3 Å². The van der Waals surface area contributed by atoms with Crippen LogP contribution in [0.3, 0.4) is 0 Å². The maximum atomic E-state index is 13.5. The number of carbonyl (C=O) groups excluding carboxylic acids is 1. The van der Waals surface area contributed by atoms with E-state index in [4.69, 9.17) is 43.1 Å². The number of aromatic amines is 1. The van der Waals surface area contributed by atoms with Crippen molar-refractivity contribution >= 4 is 52.9 Å². The Balaban J connectivity index is 1.49. The van der Waals surface area contributed by atoms with Gasteiger partial charge >= 0.3 is 6.09 Å². The number of aromatic nitrogens is 1. The van der Waals surface area contributed by atoms with Gasteiger partial charge in [-0.2, -0.15) is 0 Å². The molecule has 0 saturated carbocycles. The highest BCUT2D eigenvalue weighted by molar-refractivity contribution is 6.31. The van der Waals surface area contributed by atoms with E-state index in [1.807, 2.05) is 36.4 Å². The molecule has 1 aliphatic rings. The Labute approximate surface area is 241 Å². The van der Waals surface area contributed by atoms with Crippen molar-refractivity contribution in [3.05, 3.63) is 87.5 Å². The quantitative estimate of drug-likeness (QED) is 0.150. The SMILES string of the molecule is COc1cc(C2c3[nH]c4ccc(Cl)cc4c3CCN2C(=O)Oc2ccc(Cl)cc2)ccc1OCCN=CN=CN. The molecule has 0 radical (unpaired) electrons. The van der Waals surface area contributed by atoms with Crippen LogP contribution in [0.1, 0.15) is 22.9 Å². The Morgan fingerprint density at radius 1 is 1.10 bits per heavy atom. The number of rotatable bonds is 8. The van der Waals surface area contributed by atoms with Crippen LogP contribution >= 0.6 is 23.2 Å². The zero-order chi connectivity index (χ0) is 28.1. The van der Waals surface area contributed by atoms with Crippen molar-refractivity contribution in [3.63, 3.8) is 0 Å². The second-order valence-electron chi connectivity index (χ2n) is 8.95. The van der Waals surface area contributed by atoms with E-state index in [0.29, 0.717) is 53.4 Å². The third kappa shape index (κ3) is 5.85. The van der Waals surface area contributed by atoms with E-state index < -0.39 is 12.1 Å². The molecule has 4 aromatic rings. The Kier molecular flexibility index (Phi) is 8.42. The minimum Gasteiger partial charge on any atom is -0.493 e. The summed E-state index contributed by atoms with van der Waals surface area (Å²) >= 11 is 12.3. The minimum absolute atomic E-state index is 0.322. The van der Waals surface area contributed by atoms with Crippen LogP contribution in [0.4, 0.5) is 4.79 Å². The molecule has 0 bridgehead atoms. The lowest BCUT2D eigenvalue weighted by Crippen LogP contribution is -2.42. The number of ether oxygens (including phenoxy) is 3. The molecule has 0 fully saturated rings. The molecular formula is C29H27Cl2N5O4. The Bertz CT molecular complexity index is 1570. The molecule has 1 aromatic heterocycles. The first-order valence-corrected chi connectivity index (χ1v) is 13.3. The van der Waals surface area contributed by atoms with Gasteiger partial charge in [-0.25, -0.2) is 9.79 Å². The molecule has 3 aromatic carbocycles. The number of aliphatic imine (C=N–C) groups is 2. The zero-order valence-electron chi connectivity index (χ0n) is 21.6. The van der Waals surface area contributed by atoms with Crippen LogP contribution in [-0.4, -0.2) is 55.5 Å². The van der Waals surface area contributed by atoms with Gasteiger partial charge < -0.3 is 24.9 Å². The molecule has 0 aliphatic carbocycles. The summed E-state index contributed by atoms with van der Waals surface area (Å²) in [6.07, 6.45) is 2.69. The lowest BCUT2D eigenvalue weighted by atomic mass is 9.92. The topological polar surface area (TPSA) is 115 Å². The van der Waals surface area contributed by atoms with Gasteiger partial charge in [0, 0.05) is 33.2 Å². The van der Waals surface area contributed by atoms with Gasteiger partial charge in [-0.1, -0.05) is 29.3 Å². The van der Waals surface area contributed by atoms with Crippen LogP contribution in [0.5, 0.6) is 17.2 Å². The molecule has 9 nitrogen and oxygen atoms in total. The van der Waals surface area contributed by atoms with E-state index in [-0.39, 0.29) is 0 Å². The van der Waals surface area contributed by atoms with Gasteiger partial charge in [-0.15, -0.1) is 0 Å². The number of fused-ring (bicyclic) bond motifs is 3. The van der Waals surface area contributed by atoms with Crippen molar-refractivity contribution in [1.29, 1.82) is 0 Å². The highest BCUT2D eigenvalue weighted by Gasteiger charge is 2.36. The van der Waals surface area contributed by atoms with Gasteiger partial charge in [0.1, 0.15) is 24.7 Å². The van der Waals surface area contributed by atoms with Gasteiger partial charge in [0.25, 0.3) is 0 Å². The van der Waals surface area contributed by atoms with Crippen molar-refractivity contribution in [2.45, 2.75) is 12.5 Å². The molecule has 1 atom stereocenters. The number of nitrogens with zero attached hydrogens (tertiary/aromatic N) is 3. The van der Waals surface area contributed by atoms with Gasteiger partial charge in [0.15, 0.2) is 11.5 Å². The van der Waals surface area contributed by atoms with Crippen molar-refractivity contribution in [3.8, 4) is 17.2 Å². The molecule has 1 unspecified atom stereocenters. The zero-order valence-corrected chi connectivity index (χ0v) is 23.2. The molecule has 1 aliphatic heterocycles. The molecule has 2 heterocycles. The maximum Gasteiger partial charge on any atom is 0.416 e. The highest BCUT2D eigenvalue weighted by Crippen LogP contribution is 2.41. The number of carbonyl (C=O) groups is 1. The first-order chi connectivity index (χ1) is 19.5. The van der Waals surface area contributed by atoms with E-state index in [0.717, 1.165) is 27.7 Å². The number of hydrogen-bond donors (Lipinski definition) is 2. The van der Waals surface area contributed by atoms with E-state index in [2.05, 4.69) is 15.0 Å². The fourth-order valence-corrected chi connectivity index (χ4v) is 5.09. The van der Waals surface area contributed by atoms with E-state index in [1.165, 1.54) is 12.7 Å². The number of hydrogen-bond acceptors (Lipinski definition) is 5. The van der Waals surface area contributed by atoms with Crippen molar-refractivity contribution in [2.24, 2.45) is 15.7 Å². The van der Waals surface area contributed by atoms with Gasteiger partial charge in [-0.05, 0) is 72.1 Å². The van der Waals surface area contributed by atoms with Crippen LogP contribution in [0.15, 0.2) is 70.6 Å². The smallest absolute Gasteiger partial charge is 0.416 e. The summed E-state index contributed by atoms with van der Waals surface area (Å²) in [4.78, 5) is 26.6. The van der Waals surface area contributed by atoms with Crippen LogP contribution in [0, 0.1) is 0 Å². The number of H-pyrrole nitrogens is 1. The summed E-state index contributed by atoms with van der Waals surface area (Å²) in [6.45, 7) is 1.16. The number of nitrogens with one attached hydrogen (secondary N) is 1. The van der Waals surface area contributed by atoms with Gasteiger partial charge in [0.05, 0.1) is 20.0 Å². The summed E-state index contributed by atoms with van der Waals surface area (Å²) < 4.78 is 17.3. The van der Waals surface area contributed by atoms with Crippen LogP contribution < -0.4 is 19.9 Å². The Hall–Kier alpha value is -4.21. The number of methoxy groups -OCH3 is 1. The molecule has 1 amide bonds. The maximum absolute atomic E-state index is 13.5. The Morgan fingerprint density at radius 3 is 2.67 bits per heavy atom. The molecule has 0 saturated heterocycles. The van der Waals surface area contributed by atoms with Crippen LogP contribution in [0.2, 0.25) is 10.0 Å². The van der Waals surface area contributed by atoms with Gasteiger partial charge in [-0.3, -0.25) is 9.89 Å². The summed E-state index contributed by atoms with van der Waals surface area (Å²) in [5.41, 5.74) is 8.97. The second kappa shape index (κ2) is 12.3. The number of nitrogens with two attached hydrogens (primary N) is 1. The molecule has 40 heavy (non-hydrogen) atoms. The number of benzene rings is 3. The average molecular weight is 580 g/mol. The average Bonchev–Trinajstić information content (AvgIpc) is 3.33. The molecule has 3 N–H and O–H groups in total. The van der Waals surface area contributed by atoms with E-state index >= 15 is 0 Å². The lowest BCUT2D eigenvalue weighted by molar-refractivity contribution is 0.135. The summed E-state index contributed by atoms with van der Waals surface area (Å²) in [5, 5.41) is 2.24. The molecular weight excluding hydrogens is 553 g/mol. The molecule has 11 heteroatoms. The molecule has 0 spiro atoms. The van der Waals surface area contributed by atoms with Gasteiger partial charge in [0.2, 0.25) is 0 Å². The van der Waals surface area contributed by atoms with Crippen LogP contribution in [0.25, 0.3) is 10.9 Å². The predicted molar refractivity (Wildman–Crippen MR) is 158 cm³/mol. The second-order valence-corrected chi connectivity index (χ2v) is 9.83. The minimum atomic E-state index is -0.480. The summed E-state index contributed by atoms with van der Waals surface area (Å²) in [7, 11) is 1.57. The normalized spacial score (nSPS) is 15.1. The Morgan fingerprint density at radius 2 is 1.90 bits per heavy atom. The van der Waals surface area contributed by atoms with Crippen molar-refractivity contribution in [2.75, 3.05) is 26.8 Å². The predicted octanol–water partition coefficient (Wildman–Crippen LogP) is 6.02. The first-order valence-electron chi connectivity index (χ1n) is 12.5. The third-order valence-electron chi connectivity index (χ3n) is 6.56. The van der Waals surface area contributed by atoms with Crippen molar-refractivity contribution < 1.29 is 19.0 Å². The van der Waals surface area contributed by atoms with Crippen LogP contribution in [-0.2, 0) is 6.42 Å². The summed E-state index contributed by atoms with van der Waals surface area (Å²) in [5.74, 6) is 1.49. The largest absolute Gasteiger partial charge is 0.493 e. The summed E-state index contributed by atoms with van der Waals surface area (Å²) in [6, 6.07) is 17.6. The van der Waals surface area contributed by atoms with Crippen molar-refractivity contribution in [1.82, 2.24) is 9.88 Å². The standard InChI is InChI=1S/C29H27Cl2N5O4/c1-38-26-14-18(2-9-25(26)39-13-11-33-17-34-16-32)28-27-22(23-15-20(31)5-8-24(23)35-27)10-12-36(28)29(37)40-21-6-3-19(30)4-7-21/h2-9,14-17,28,35H,10-13H2,1H3,(H2,32,33,34). The number of amides is 1. The molecule has 5 rings (SSSR count). The highest BCUT2D eigenvalue weighted by atomic mass is 35.5. The number of halogens is 2. The van der Waals surface area contributed by atoms with E-state index in [9.17, 15) is 4.79 Å². The first kappa shape index (κ1) is 27.4.